The van der Waals surface area contributed by atoms with Crippen LogP contribution < -0.4 is 20.6 Å². The van der Waals surface area contributed by atoms with Gasteiger partial charge in [0.05, 0.1) is 34.2 Å². The summed E-state index contributed by atoms with van der Waals surface area (Å²) in [6, 6.07) is 44.3. The van der Waals surface area contributed by atoms with Crippen LogP contribution in [0.5, 0.6) is 0 Å². The Kier molecular flexibility index (Phi) is 12.9. The molecule has 3 aromatic heterocycles. The fourth-order valence-corrected chi connectivity index (χ4v) is 9.44. The molecule has 0 fully saturated rings. The number of fused-ring (bicyclic) bond motifs is 8. The Morgan fingerprint density at radius 2 is 0.580 bits per heavy atom. The summed E-state index contributed by atoms with van der Waals surface area (Å²) in [5.74, 6) is 0. The quantitative estimate of drug-likeness (QED) is 0.162. The minimum Gasteiger partial charge on any atom is -0.657 e. The van der Waals surface area contributed by atoms with Crippen LogP contribution in [0.4, 0.5) is 0 Å². The molecule has 0 amide bonds. The molecule has 0 spiro atoms. The maximum Gasteiger partial charge on any atom is 2.00 e. The number of aromatic nitrogens is 4. The summed E-state index contributed by atoms with van der Waals surface area (Å²) in [5.41, 5.74) is 21.4. The van der Waals surface area contributed by atoms with Gasteiger partial charge in [-0.1, -0.05) is 204 Å². The monoisotopic (exact) mass is 952 g/mol. The van der Waals surface area contributed by atoms with Crippen LogP contribution in [0.25, 0.3) is 90.1 Å². The molecule has 4 aromatic carbocycles. The van der Waals surface area contributed by atoms with Gasteiger partial charge in [-0.2, -0.15) is 0 Å². The Morgan fingerprint density at radius 3 is 0.826 bits per heavy atom. The van der Waals surface area contributed by atoms with E-state index in [4.69, 9.17) is 19.9 Å². The average molecular weight is 954 g/mol. The van der Waals surface area contributed by atoms with Crippen LogP contribution in [0.1, 0.15) is 128 Å². The number of hydrogen-bond donors (Lipinski definition) is 2. The Hall–Kier alpha value is -6.43. The molecule has 2 aliphatic rings. The Morgan fingerprint density at radius 1 is 0.333 bits per heavy atom. The van der Waals surface area contributed by atoms with E-state index in [2.05, 4.69) is 227 Å². The van der Waals surface area contributed by atoms with Gasteiger partial charge in [0.25, 0.3) is 0 Å². The van der Waals surface area contributed by atoms with E-state index in [-0.39, 0.29) is 38.2 Å². The van der Waals surface area contributed by atoms with Crippen molar-refractivity contribution in [2.75, 3.05) is 14.1 Å². The number of benzene rings is 4. The van der Waals surface area contributed by atoms with Gasteiger partial charge in [-0.05, 0) is 101 Å². The molecule has 0 saturated carbocycles. The normalized spacial score (nSPS) is 13.1. The fraction of sp³-hybridized carbons (Fsp3) is 0.290. The number of nitrogens with zero attached hydrogens (tertiary/aromatic N) is 4. The largest absolute Gasteiger partial charge is 2.00 e. The molecule has 0 aliphatic carbocycles. The topological polar surface area (TPSA) is 78.0 Å². The SMILES string of the molecule is CNC1=C(NC)c2nc1c(-c1ccc(C(C)(C)C)cc1)c1ccc([n-]1)c(-c1ccc(C(C)(C)C)cc1)c1nc(c(-c3ccc(C(C)(C)C)cc3)c3ccc([n-]3)c2-c2ccc(C(C)(C)C)cc2)C=C1.[Ni+2]. The molecule has 354 valence electrons. The van der Waals surface area contributed by atoms with Gasteiger partial charge in [0.1, 0.15) is 0 Å². The summed E-state index contributed by atoms with van der Waals surface area (Å²) >= 11 is 0. The molecule has 0 saturated heterocycles. The summed E-state index contributed by atoms with van der Waals surface area (Å²) in [6.45, 7) is 27.0. The zero-order valence-corrected chi connectivity index (χ0v) is 43.8. The van der Waals surface area contributed by atoms with Crippen molar-refractivity contribution in [3.63, 3.8) is 0 Å². The molecule has 5 heterocycles. The fourth-order valence-electron chi connectivity index (χ4n) is 9.44. The van der Waals surface area contributed by atoms with Crippen LogP contribution in [0, 0.1) is 0 Å². The molecule has 8 bridgehead atoms. The first kappa shape index (κ1) is 49.0. The third-order valence-corrected chi connectivity index (χ3v) is 13.5. The molecule has 69 heavy (non-hydrogen) atoms. The molecule has 2 aliphatic heterocycles. The van der Waals surface area contributed by atoms with Crippen LogP contribution in [-0.2, 0) is 38.2 Å². The average Bonchev–Trinajstić information content (AvgIpc) is 4.12. The van der Waals surface area contributed by atoms with Crippen molar-refractivity contribution in [2.24, 2.45) is 0 Å². The number of nitrogens with one attached hydrogen (secondary N) is 2. The van der Waals surface area contributed by atoms with Crippen molar-refractivity contribution in [1.82, 2.24) is 30.6 Å². The maximum atomic E-state index is 5.73. The zero-order chi connectivity index (χ0) is 48.5. The van der Waals surface area contributed by atoms with E-state index in [1.165, 1.54) is 22.3 Å². The zero-order valence-electron chi connectivity index (χ0n) is 42.8. The minimum atomic E-state index is -0.0146. The molecule has 0 atom stereocenters. The molecule has 0 unspecified atom stereocenters. The summed E-state index contributed by atoms with van der Waals surface area (Å²) in [7, 11) is 3.96. The predicted octanol–water partition coefficient (Wildman–Crippen LogP) is 14.9. The van der Waals surface area contributed by atoms with Gasteiger partial charge in [0, 0.05) is 14.1 Å². The van der Waals surface area contributed by atoms with Crippen molar-refractivity contribution in [3.8, 4) is 44.5 Å². The van der Waals surface area contributed by atoms with Crippen LogP contribution in [0.15, 0.2) is 121 Å². The van der Waals surface area contributed by atoms with Crippen molar-refractivity contribution >= 4 is 45.6 Å². The first-order valence-corrected chi connectivity index (χ1v) is 24.1. The molecular weight excluding hydrogens is 887 g/mol. The Bertz CT molecular complexity index is 3060. The Balaban J connectivity index is 0.00000642. The number of hydrogen-bond acceptors (Lipinski definition) is 4. The van der Waals surface area contributed by atoms with Crippen molar-refractivity contribution in [3.05, 3.63) is 166 Å². The molecule has 0 radical (unpaired) electrons. The first-order chi connectivity index (χ1) is 32.1. The van der Waals surface area contributed by atoms with Gasteiger partial charge in [-0.3, -0.25) is 0 Å². The standard InChI is InChI=1S/C62H66N6.Ni/c1-59(2,3)41-23-15-37(16-24-41)51-45-31-32-46(65-45)52(38-17-25-42(26-18-38)60(4,5)6)48-34-36-50(67-48)54(40-21-29-44(30-22-40)62(10,11)12)56-58(64-14)57(63-13)55(68-56)53(49-35-33-47(51)66-49)39-19-27-43(28-20-39)61(7,8)9;/h15-36,63-64H,1-14H3;/q-2;+2. The third kappa shape index (κ3) is 9.39. The van der Waals surface area contributed by atoms with E-state index < -0.39 is 0 Å². The second kappa shape index (κ2) is 18.1. The van der Waals surface area contributed by atoms with Crippen molar-refractivity contribution in [2.45, 2.75) is 105 Å². The summed E-state index contributed by atoms with van der Waals surface area (Å²) < 4.78 is 0. The van der Waals surface area contributed by atoms with E-state index >= 15 is 0 Å². The summed E-state index contributed by atoms with van der Waals surface area (Å²) in [5, 5.41) is 7.21. The van der Waals surface area contributed by atoms with Crippen molar-refractivity contribution in [1.29, 1.82) is 0 Å². The summed E-state index contributed by atoms with van der Waals surface area (Å²) in [4.78, 5) is 22.5. The second-order valence-corrected chi connectivity index (χ2v) is 22.5. The van der Waals surface area contributed by atoms with Gasteiger partial charge in [-0.25, -0.2) is 9.97 Å². The van der Waals surface area contributed by atoms with E-state index in [9.17, 15) is 0 Å². The smallest absolute Gasteiger partial charge is 0.657 e. The van der Waals surface area contributed by atoms with E-state index in [0.29, 0.717) is 0 Å². The third-order valence-electron chi connectivity index (χ3n) is 13.5. The Labute approximate surface area is 420 Å². The molecule has 7 aromatic rings. The summed E-state index contributed by atoms with van der Waals surface area (Å²) in [6.07, 6.45) is 4.30. The van der Waals surface area contributed by atoms with Gasteiger partial charge in [0.2, 0.25) is 0 Å². The van der Waals surface area contributed by atoms with Crippen LogP contribution in [0.3, 0.4) is 0 Å². The molecule has 6 nitrogen and oxygen atoms in total. The van der Waals surface area contributed by atoms with Crippen LogP contribution >= 0.6 is 0 Å². The van der Waals surface area contributed by atoms with Gasteiger partial charge >= 0.3 is 16.5 Å². The van der Waals surface area contributed by atoms with E-state index in [1.54, 1.807) is 0 Å². The van der Waals surface area contributed by atoms with E-state index in [0.717, 1.165) is 101 Å². The predicted molar refractivity (Wildman–Crippen MR) is 289 cm³/mol. The maximum absolute atomic E-state index is 5.73. The van der Waals surface area contributed by atoms with Gasteiger partial charge in [-0.15, -0.1) is 22.1 Å². The molecular formula is C62H66N6Ni. The van der Waals surface area contributed by atoms with Gasteiger partial charge in [0.15, 0.2) is 0 Å². The first-order valence-electron chi connectivity index (χ1n) is 24.1. The molecule has 2 N–H and O–H groups in total. The minimum absolute atomic E-state index is 0. The second-order valence-electron chi connectivity index (χ2n) is 22.5. The molecule has 9 rings (SSSR count). The van der Waals surface area contributed by atoms with Gasteiger partial charge < -0.3 is 20.6 Å². The molecule has 7 heteroatoms. The van der Waals surface area contributed by atoms with Crippen LogP contribution in [-0.4, -0.2) is 24.1 Å². The van der Waals surface area contributed by atoms with Crippen LogP contribution in [0.2, 0.25) is 0 Å². The number of rotatable bonds is 6. The van der Waals surface area contributed by atoms with Crippen molar-refractivity contribution < 1.29 is 16.5 Å². The van der Waals surface area contributed by atoms with E-state index in [1.807, 2.05) is 14.1 Å².